The molecule has 0 aliphatic carbocycles. The molecule has 0 bridgehead atoms. The molecule has 4 heteroatoms. The molecular formula is C13H16O4. The van der Waals surface area contributed by atoms with Crippen molar-refractivity contribution in [3.63, 3.8) is 0 Å². The summed E-state index contributed by atoms with van der Waals surface area (Å²) in [6, 6.07) is 9.38. The maximum atomic E-state index is 11.0. The topological polar surface area (TPSA) is 52.6 Å². The van der Waals surface area contributed by atoms with Crippen LogP contribution in [-0.4, -0.2) is 25.0 Å². The summed E-state index contributed by atoms with van der Waals surface area (Å²) in [5, 5.41) is 0. The van der Waals surface area contributed by atoms with Crippen LogP contribution in [0.4, 0.5) is 0 Å². The SMILES string of the molecule is CCC(=O)C(=O)OCCCOc1ccccc1. The van der Waals surface area contributed by atoms with E-state index in [1.165, 1.54) is 0 Å². The lowest BCUT2D eigenvalue weighted by Crippen LogP contribution is -2.17. The van der Waals surface area contributed by atoms with E-state index < -0.39 is 11.8 Å². The van der Waals surface area contributed by atoms with E-state index in [9.17, 15) is 9.59 Å². The van der Waals surface area contributed by atoms with E-state index in [2.05, 4.69) is 0 Å². The number of rotatable bonds is 7. The highest BCUT2D eigenvalue weighted by Gasteiger charge is 2.11. The summed E-state index contributed by atoms with van der Waals surface area (Å²) < 4.78 is 10.2. The molecule has 1 aromatic rings. The van der Waals surface area contributed by atoms with Crippen LogP contribution in [0.5, 0.6) is 5.75 Å². The molecule has 0 aliphatic heterocycles. The van der Waals surface area contributed by atoms with Gasteiger partial charge in [0.05, 0.1) is 13.2 Å². The number of carbonyl (C=O) groups is 2. The average molecular weight is 236 g/mol. The van der Waals surface area contributed by atoms with Crippen molar-refractivity contribution in [1.82, 2.24) is 0 Å². The van der Waals surface area contributed by atoms with Crippen molar-refractivity contribution < 1.29 is 19.1 Å². The summed E-state index contributed by atoms with van der Waals surface area (Å²) in [4.78, 5) is 21.9. The lowest BCUT2D eigenvalue weighted by molar-refractivity contribution is -0.153. The first kappa shape index (κ1) is 13.2. The molecule has 0 unspecified atom stereocenters. The molecule has 0 spiro atoms. The highest BCUT2D eigenvalue weighted by Crippen LogP contribution is 2.08. The number of hydrogen-bond acceptors (Lipinski definition) is 4. The van der Waals surface area contributed by atoms with E-state index in [1.807, 2.05) is 30.3 Å². The smallest absolute Gasteiger partial charge is 0.374 e. The lowest BCUT2D eigenvalue weighted by Gasteiger charge is -2.06. The first-order chi connectivity index (χ1) is 8.24. The lowest BCUT2D eigenvalue weighted by atomic mass is 10.3. The van der Waals surface area contributed by atoms with Crippen LogP contribution in [0.3, 0.4) is 0 Å². The van der Waals surface area contributed by atoms with Crippen molar-refractivity contribution in [2.45, 2.75) is 19.8 Å². The van der Waals surface area contributed by atoms with E-state index >= 15 is 0 Å². The fourth-order valence-corrected chi connectivity index (χ4v) is 1.16. The average Bonchev–Trinajstić information content (AvgIpc) is 2.38. The highest BCUT2D eigenvalue weighted by molar-refractivity contribution is 6.33. The van der Waals surface area contributed by atoms with Gasteiger partial charge in [0, 0.05) is 12.8 Å². The third-order valence-electron chi connectivity index (χ3n) is 2.08. The van der Waals surface area contributed by atoms with E-state index in [1.54, 1.807) is 6.92 Å². The Morgan fingerprint density at radius 3 is 2.47 bits per heavy atom. The van der Waals surface area contributed by atoms with Crippen molar-refractivity contribution in [3.05, 3.63) is 30.3 Å². The largest absolute Gasteiger partial charge is 0.493 e. The molecule has 4 nitrogen and oxygen atoms in total. The zero-order chi connectivity index (χ0) is 12.5. The van der Waals surface area contributed by atoms with Gasteiger partial charge in [-0.15, -0.1) is 0 Å². The summed E-state index contributed by atoms with van der Waals surface area (Å²) in [5.74, 6) is -0.468. The van der Waals surface area contributed by atoms with Gasteiger partial charge in [0.2, 0.25) is 5.78 Å². The Morgan fingerprint density at radius 2 is 1.82 bits per heavy atom. The molecule has 92 valence electrons. The fourth-order valence-electron chi connectivity index (χ4n) is 1.16. The molecule has 0 fully saturated rings. The van der Waals surface area contributed by atoms with Crippen LogP contribution < -0.4 is 4.74 Å². The van der Waals surface area contributed by atoms with Crippen LogP contribution in [0.2, 0.25) is 0 Å². The van der Waals surface area contributed by atoms with Crippen molar-refractivity contribution in [1.29, 1.82) is 0 Å². The van der Waals surface area contributed by atoms with Gasteiger partial charge in [0.1, 0.15) is 5.75 Å². The minimum atomic E-state index is -0.757. The van der Waals surface area contributed by atoms with Gasteiger partial charge in [-0.1, -0.05) is 25.1 Å². The molecule has 0 aliphatic rings. The molecule has 0 radical (unpaired) electrons. The van der Waals surface area contributed by atoms with Gasteiger partial charge in [-0.05, 0) is 12.1 Å². The number of ether oxygens (including phenoxy) is 2. The molecule has 0 amide bonds. The first-order valence-corrected chi connectivity index (χ1v) is 5.62. The minimum Gasteiger partial charge on any atom is -0.493 e. The predicted molar refractivity (Wildman–Crippen MR) is 62.8 cm³/mol. The number of esters is 1. The Labute approximate surface area is 101 Å². The van der Waals surface area contributed by atoms with Crippen LogP contribution in [0, 0.1) is 0 Å². The molecule has 0 saturated carbocycles. The predicted octanol–water partition coefficient (Wildman–Crippen LogP) is 1.98. The first-order valence-electron chi connectivity index (χ1n) is 5.62. The molecule has 1 aromatic carbocycles. The number of benzene rings is 1. The molecule has 0 aromatic heterocycles. The van der Waals surface area contributed by atoms with Gasteiger partial charge in [0.15, 0.2) is 0 Å². The van der Waals surface area contributed by atoms with Crippen LogP contribution in [-0.2, 0) is 14.3 Å². The quantitative estimate of drug-likeness (QED) is 0.412. The molecule has 0 saturated heterocycles. The second-order valence-electron chi connectivity index (χ2n) is 3.43. The number of para-hydroxylation sites is 1. The van der Waals surface area contributed by atoms with Crippen molar-refractivity contribution in [3.8, 4) is 5.75 Å². The number of hydrogen-bond donors (Lipinski definition) is 0. The Kier molecular flexibility index (Phi) is 5.79. The van der Waals surface area contributed by atoms with Crippen LogP contribution in [0.1, 0.15) is 19.8 Å². The zero-order valence-corrected chi connectivity index (χ0v) is 9.85. The van der Waals surface area contributed by atoms with E-state index in [4.69, 9.17) is 9.47 Å². The van der Waals surface area contributed by atoms with Crippen molar-refractivity contribution in [2.24, 2.45) is 0 Å². The summed E-state index contributed by atoms with van der Waals surface area (Å²) in [5.41, 5.74) is 0. The fraction of sp³-hybridized carbons (Fsp3) is 0.385. The summed E-state index contributed by atoms with van der Waals surface area (Å²) in [6.07, 6.45) is 0.747. The minimum absolute atomic E-state index is 0.180. The standard InChI is InChI=1S/C13H16O4/c1-2-12(14)13(15)17-10-6-9-16-11-7-4-3-5-8-11/h3-5,7-8H,2,6,9-10H2,1H3. The van der Waals surface area contributed by atoms with Gasteiger partial charge in [-0.25, -0.2) is 4.79 Å². The van der Waals surface area contributed by atoms with Gasteiger partial charge < -0.3 is 9.47 Å². The Bertz CT molecular complexity index is 359. The second-order valence-corrected chi connectivity index (χ2v) is 3.43. The second kappa shape index (κ2) is 7.44. The maximum Gasteiger partial charge on any atom is 0.374 e. The molecular weight excluding hydrogens is 220 g/mol. The van der Waals surface area contributed by atoms with Crippen LogP contribution >= 0.6 is 0 Å². The summed E-state index contributed by atoms with van der Waals surface area (Å²) >= 11 is 0. The number of carbonyl (C=O) groups excluding carboxylic acids is 2. The van der Waals surface area contributed by atoms with E-state index in [0.717, 1.165) is 5.75 Å². The zero-order valence-electron chi connectivity index (χ0n) is 9.85. The summed E-state index contributed by atoms with van der Waals surface area (Å²) in [6.45, 7) is 2.29. The van der Waals surface area contributed by atoms with Gasteiger partial charge in [-0.3, -0.25) is 4.79 Å². The molecule has 1 rings (SSSR count). The Hall–Kier alpha value is -1.84. The van der Waals surface area contributed by atoms with Gasteiger partial charge in [-0.2, -0.15) is 0 Å². The van der Waals surface area contributed by atoms with Crippen LogP contribution in [0.15, 0.2) is 30.3 Å². The van der Waals surface area contributed by atoms with Gasteiger partial charge >= 0.3 is 5.97 Å². The number of Topliss-reactive ketones (excluding diaryl/α,β-unsaturated/α-hetero) is 1. The third-order valence-corrected chi connectivity index (χ3v) is 2.08. The van der Waals surface area contributed by atoms with Crippen molar-refractivity contribution in [2.75, 3.05) is 13.2 Å². The number of ketones is 1. The van der Waals surface area contributed by atoms with Crippen molar-refractivity contribution >= 4 is 11.8 Å². The highest BCUT2D eigenvalue weighted by atomic mass is 16.5. The normalized spacial score (nSPS) is 9.71. The molecule has 0 heterocycles. The molecule has 0 atom stereocenters. The third kappa shape index (κ3) is 5.15. The molecule has 17 heavy (non-hydrogen) atoms. The monoisotopic (exact) mass is 236 g/mol. The van der Waals surface area contributed by atoms with Gasteiger partial charge in [0.25, 0.3) is 0 Å². The van der Waals surface area contributed by atoms with E-state index in [0.29, 0.717) is 13.0 Å². The summed E-state index contributed by atoms with van der Waals surface area (Å²) in [7, 11) is 0. The Balaban J connectivity index is 2.09. The molecule has 0 N–H and O–H groups in total. The Morgan fingerprint density at radius 1 is 1.12 bits per heavy atom. The maximum absolute atomic E-state index is 11.0. The van der Waals surface area contributed by atoms with Crippen LogP contribution in [0.25, 0.3) is 0 Å². The van der Waals surface area contributed by atoms with E-state index in [-0.39, 0.29) is 13.0 Å².